The van der Waals surface area contributed by atoms with Gasteiger partial charge in [-0.15, -0.1) is 0 Å². The van der Waals surface area contributed by atoms with Crippen LogP contribution in [0.5, 0.6) is 0 Å². The van der Waals surface area contributed by atoms with Crippen LogP contribution >= 0.6 is 11.8 Å². The lowest BCUT2D eigenvalue weighted by molar-refractivity contribution is -0.142. The minimum absolute atomic E-state index is 0.0152. The molecule has 5 rings (SSSR count). The topological polar surface area (TPSA) is 63.0 Å². The Kier molecular flexibility index (Phi) is 5.54. The number of ether oxygens (including phenoxy) is 1. The summed E-state index contributed by atoms with van der Waals surface area (Å²) in [7, 11) is 0. The average molecular weight is 439 g/mol. The van der Waals surface area contributed by atoms with Gasteiger partial charge in [-0.05, 0) is 76.2 Å². The molecule has 1 unspecified atom stereocenters. The van der Waals surface area contributed by atoms with Crippen LogP contribution in [0.2, 0.25) is 0 Å². The molecule has 4 fully saturated rings. The number of carbonyl (C=O) groups is 1. The number of thioether (sulfide) groups is 1. The average Bonchev–Trinajstić information content (AvgIpc) is 2.65. The minimum Gasteiger partial charge on any atom is -0.465 e. The summed E-state index contributed by atoms with van der Waals surface area (Å²) in [6.45, 7) is 3.42. The highest BCUT2D eigenvalue weighted by atomic mass is 32.2. The Bertz CT molecular complexity index is 858. The van der Waals surface area contributed by atoms with E-state index < -0.39 is 28.5 Å². The molecule has 0 aliphatic heterocycles. The summed E-state index contributed by atoms with van der Waals surface area (Å²) in [6.07, 6.45) is 1.45. The van der Waals surface area contributed by atoms with Gasteiger partial charge in [-0.2, -0.15) is 18.4 Å². The number of alkyl halides is 3. The first kappa shape index (κ1) is 21.5. The second-order valence-corrected chi connectivity index (χ2v) is 10.4. The van der Waals surface area contributed by atoms with E-state index in [0.717, 1.165) is 37.1 Å². The van der Waals surface area contributed by atoms with Gasteiger partial charge in [-0.25, -0.2) is 4.98 Å². The molecule has 1 aromatic rings. The van der Waals surface area contributed by atoms with Gasteiger partial charge >= 0.3 is 12.1 Å². The number of rotatable bonds is 5. The maximum atomic E-state index is 13.9. The Balaban J connectivity index is 1.78. The molecular formula is C22H25F3N2O2S. The van der Waals surface area contributed by atoms with Crippen molar-refractivity contribution >= 4 is 17.7 Å². The van der Waals surface area contributed by atoms with E-state index in [2.05, 4.69) is 4.98 Å². The predicted octanol–water partition coefficient (Wildman–Crippen LogP) is 5.48. The van der Waals surface area contributed by atoms with Crippen LogP contribution in [0.1, 0.15) is 69.2 Å². The lowest BCUT2D eigenvalue weighted by atomic mass is 9.48. The van der Waals surface area contributed by atoms with E-state index in [4.69, 9.17) is 4.74 Å². The number of nitriles is 1. The maximum Gasteiger partial charge on any atom is 0.417 e. The first-order chi connectivity index (χ1) is 14.1. The highest BCUT2D eigenvalue weighted by molar-refractivity contribution is 8.00. The van der Waals surface area contributed by atoms with Crippen molar-refractivity contribution in [2.45, 2.75) is 74.2 Å². The number of pyridine rings is 1. The summed E-state index contributed by atoms with van der Waals surface area (Å²) >= 11 is 0.883. The predicted molar refractivity (Wildman–Crippen MR) is 106 cm³/mol. The number of aromatic nitrogens is 1. The van der Waals surface area contributed by atoms with E-state index >= 15 is 0 Å². The van der Waals surface area contributed by atoms with Crippen LogP contribution in [0, 0.1) is 29.1 Å². The van der Waals surface area contributed by atoms with E-state index in [9.17, 15) is 23.2 Å². The third-order valence-corrected chi connectivity index (χ3v) is 7.96. The van der Waals surface area contributed by atoms with Crippen molar-refractivity contribution in [3.63, 3.8) is 0 Å². The number of esters is 1. The Hall–Kier alpha value is -1.75. The number of halogens is 3. The van der Waals surface area contributed by atoms with Crippen LogP contribution in [0.4, 0.5) is 13.2 Å². The van der Waals surface area contributed by atoms with Crippen molar-refractivity contribution in [1.29, 1.82) is 5.26 Å². The molecular weight excluding hydrogens is 413 g/mol. The second-order valence-electron chi connectivity index (χ2n) is 9.05. The van der Waals surface area contributed by atoms with Crippen molar-refractivity contribution in [3.8, 4) is 6.07 Å². The fourth-order valence-electron chi connectivity index (χ4n) is 6.11. The van der Waals surface area contributed by atoms with Gasteiger partial charge in [-0.1, -0.05) is 11.8 Å². The van der Waals surface area contributed by atoms with Crippen molar-refractivity contribution in [1.82, 2.24) is 4.98 Å². The minimum atomic E-state index is -4.66. The summed E-state index contributed by atoms with van der Waals surface area (Å²) < 4.78 is 46.7. The molecule has 1 aromatic heterocycles. The zero-order chi connectivity index (χ0) is 21.7. The Morgan fingerprint density at radius 2 is 1.87 bits per heavy atom. The molecule has 8 heteroatoms. The van der Waals surface area contributed by atoms with Crippen LogP contribution in [-0.4, -0.2) is 22.8 Å². The monoisotopic (exact) mass is 438 g/mol. The highest BCUT2D eigenvalue weighted by Gasteiger charge is 2.53. The van der Waals surface area contributed by atoms with E-state index in [1.54, 1.807) is 19.9 Å². The van der Waals surface area contributed by atoms with Gasteiger partial charge in [-0.3, -0.25) is 4.79 Å². The molecule has 0 saturated heterocycles. The second kappa shape index (κ2) is 7.74. The molecule has 4 nitrogen and oxygen atoms in total. The van der Waals surface area contributed by atoms with E-state index in [1.165, 1.54) is 19.3 Å². The zero-order valence-corrected chi connectivity index (χ0v) is 17.9. The Morgan fingerprint density at radius 1 is 1.30 bits per heavy atom. The molecule has 0 amide bonds. The highest BCUT2D eigenvalue weighted by Crippen LogP contribution is 2.60. The van der Waals surface area contributed by atoms with Crippen molar-refractivity contribution in [3.05, 3.63) is 22.9 Å². The summed E-state index contributed by atoms with van der Waals surface area (Å²) in [4.78, 5) is 16.7. The molecule has 0 N–H and O–H groups in total. The molecule has 4 aliphatic carbocycles. The summed E-state index contributed by atoms with van der Waals surface area (Å²) in [6, 6.07) is 2.81. The third kappa shape index (κ3) is 3.81. The lowest BCUT2D eigenvalue weighted by Crippen LogP contribution is -2.49. The fourth-order valence-corrected chi connectivity index (χ4v) is 7.03. The van der Waals surface area contributed by atoms with E-state index in [-0.39, 0.29) is 17.0 Å². The summed E-state index contributed by atoms with van der Waals surface area (Å²) in [5.74, 6) is 1.13. The van der Waals surface area contributed by atoms with Crippen molar-refractivity contribution < 1.29 is 22.7 Å². The molecule has 1 atom stereocenters. The summed E-state index contributed by atoms with van der Waals surface area (Å²) in [5, 5.41) is 8.76. The van der Waals surface area contributed by atoms with Crippen LogP contribution in [-0.2, 0) is 21.1 Å². The SMILES string of the molecule is CCOC(=O)C(C)Sc1nc(C23CC4CC(CC(C4)C2)C3)cc(C(F)(F)F)c1C#N. The molecule has 4 aliphatic rings. The van der Waals surface area contributed by atoms with E-state index in [1.807, 2.05) is 0 Å². The van der Waals surface area contributed by atoms with Crippen molar-refractivity contribution in [2.24, 2.45) is 17.8 Å². The molecule has 0 aromatic carbocycles. The maximum absolute atomic E-state index is 13.9. The third-order valence-electron chi connectivity index (χ3n) is 6.89. The van der Waals surface area contributed by atoms with Crippen LogP contribution < -0.4 is 0 Å². The van der Waals surface area contributed by atoms with Gasteiger partial charge < -0.3 is 4.74 Å². The fraction of sp³-hybridized carbons (Fsp3) is 0.682. The first-order valence-electron chi connectivity index (χ1n) is 10.5. The smallest absolute Gasteiger partial charge is 0.417 e. The Labute approximate surface area is 178 Å². The lowest BCUT2D eigenvalue weighted by Gasteiger charge is -2.56. The Morgan fingerprint density at radius 3 is 2.33 bits per heavy atom. The van der Waals surface area contributed by atoms with E-state index in [0.29, 0.717) is 23.4 Å². The van der Waals surface area contributed by atoms with Gasteiger partial charge in [0.15, 0.2) is 0 Å². The van der Waals surface area contributed by atoms with Crippen LogP contribution in [0.15, 0.2) is 11.1 Å². The molecule has 0 radical (unpaired) electrons. The molecule has 1 heterocycles. The summed E-state index contributed by atoms with van der Waals surface area (Å²) in [5.41, 5.74) is -1.33. The zero-order valence-electron chi connectivity index (χ0n) is 17.1. The van der Waals surface area contributed by atoms with Crippen LogP contribution in [0.3, 0.4) is 0 Å². The van der Waals surface area contributed by atoms with Crippen molar-refractivity contribution in [2.75, 3.05) is 6.61 Å². The first-order valence-corrected chi connectivity index (χ1v) is 11.4. The normalized spacial score (nSPS) is 30.7. The number of hydrogen-bond donors (Lipinski definition) is 0. The largest absolute Gasteiger partial charge is 0.465 e. The molecule has 162 valence electrons. The quantitative estimate of drug-likeness (QED) is 0.450. The van der Waals surface area contributed by atoms with Gasteiger partial charge in [0, 0.05) is 11.1 Å². The molecule has 4 bridgehead atoms. The molecule has 4 saturated carbocycles. The number of carbonyl (C=O) groups excluding carboxylic acids is 1. The standard InChI is InChI=1S/C22H25F3N2O2S/c1-3-29-20(28)12(2)30-19-16(11-26)17(22(23,24)25)7-18(27-19)21-8-13-4-14(9-21)6-15(5-13)10-21/h7,12-15H,3-6,8-10H2,1-2H3. The number of hydrogen-bond acceptors (Lipinski definition) is 5. The van der Waals surface area contributed by atoms with Gasteiger partial charge in [0.25, 0.3) is 0 Å². The number of nitrogens with zero attached hydrogens (tertiary/aromatic N) is 2. The van der Waals surface area contributed by atoms with Gasteiger partial charge in [0.05, 0.1) is 17.7 Å². The van der Waals surface area contributed by atoms with Gasteiger partial charge in [0.1, 0.15) is 16.3 Å². The molecule has 0 spiro atoms. The van der Waals surface area contributed by atoms with Gasteiger partial charge in [0.2, 0.25) is 0 Å². The van der Waals surface area contributed by atoms with Crippen LogP contribution in [0.25, 0.3) is 0 Å². The molecule has 30 heavy (non-hydrogen) atoms.